The van der Waals surface area contributed by atoms with Gasteiger partial charge in [0.1, 0.15) is 11.1 Å². The first kappa shape index (κ1) is 17.5. The number of carbonyl (C=O) groups is 1. The molecule has 1 aromatic heterocycles. The fourth-order valence-corrected chi connectivity index (χ4v) is 3.91. The molecule has 130 valence electrons. The summed E-state index contributed by atoms with van der Waals surface area (Å²) in [4.78, 5) is 16.8. The van der Waals surface area contributed by atoms with E-state index < -0.39 is 0 Å². The lowest BCUT2D eigenvalue weighted by molar-refractivity contribution is -0.117. The highest BCUT2D eigenvalue weighted by molar-refractivity contribution is 7.14. The van der Waals surface area contributed by atoms with Crippen LogP contribution in [-0.2, 0) is 4.79 Å². The van der Waals surface area contributed by atoms with E-state index in [1.807, 2.05) is 5.38 Å². The molecule has 0 aliphatic carbocycles. The van der Waals surface area contributed by atoms with E-state index in [1.165, 1.54) is 22.6 Å². The lowest BCUT2D eigenvalue weighted by atomic mass is 10.1. The Hall–Kier alpha value is -2.36. The summed E-state index contributed by atoms with van der Waals surface area (Å²) in [5.74, 6) is -0.0602. The average Bonchev–Trinajstić information content (AvgIpc) is 3.03. The van der Waals surface area contributed by atoms with E-state index in [0.29, 0.717) is 23.2 Å². The smallest absolute Gasteiger partial charge is 0.239 e. The number of thiophene rings is 1. The van der Waals surface area contributed by atoms with Gasteiger partial charge in [-0.05, 0) is 37.4 Å². The van der Waals surface area contributed by atoms with Crippen LogP contribution in [0.5, 0.6) is 0 Å². The summed E-state index contributed by atoms with van der Waals surface area (Å²) in [5, 5.41) is 14.3. The van der Waals surface area contributed by atoms with Gasteiger partial charge in [-0.3, -0.25) is 9.69 Å². The lowest BCUT2D eigenvalue weighted by Gasteiger charge is -2.41. The maximum absolute atomic E-state index is 12.3. The first-order chi connectivity index (χ1) is 12.1. The number of carbonyl (C=O) groups excluding carboxylic acids is 1. The van der Waals surface area contributed by atoms with Crippen LogP contribution in [0.2, 0.25) is 0 Å². The van der Waals surface area contributed by atoms with E-state index in [1.54, 1.807) is 6.07 Å². The average molecular weight is 354 g/mol. The highest BCUT2D eigenvalue weighted by Crippen LogP contribution is 2.23. The van der Waals surface area contributed by atoms with Crippen molar-refractivity contribution in [2.75, 3.05) is 36.4 Å². The molecule has 1 atom stereocenters. The van der Waals surface area contributed by atoms with E-state index in [9.17, 15) is 4.79 Å². The highest BCUT2D eigenvalue weighted by atomic mass is 32.1. The van der Waals surface area contributed by atoms with E-state index in [-0.39, 0.29) is 5.91 Å². The molecule has 0 spiro atoms. The number of nitrogens with zero attached hydrogens (tertiary/aromatic N) is 3. The van der Waals surface area contributed by atoms with Gasteiger partial charge in [-0.2, -0.15) is 5.26 Å². The molecule has 2 heterocycles. The van der Waals surface area contributed by atoms with Crippen molar-refractivity contribution in [2.24, 2.45) is 0 Å². The third-order valence-corrected chi connectivity index (χ3v) is 5.31. The maximum Gasteiger partial charge on any atom is 0.239 e. The second kappa shape index (κ2) is 7.68. The van der Waals surface area contributed by atoms with E-state index in [0.717, 1.165) is 19.6 Å². The van der Waals surface area contributed by atoms with Crippen molar-refractivity contribution in [1.29, 1.82) is 5.26 Å². The number of benzene rings is 1. The van der Waals surface area contributed by atoms with Gasteiger partial charge in [0.25, 0.3) is 0 Å². The Labute approximate surface area is 152 Å². The van der Waals surface area contributed by atoms with Crippen molar-refractivity contribution in [3.8, 4) is 6.07 Å². The molecular weight excluding hydrogens is 332 g/mol. The molecule has 1 aliphatic rings. The highest BCUT2D eigenvalue weighted by Gasteiger charge is 2.25. The van der Waals surface area contributed by atoms with Gasteiger partial charge < -0.3 is 10.2 Å². The first-order valence-electron chi connectivity index (χ1n) is 8.40. The molecule has 0 unspecified atom stereocenters. The Morgan fingerprint density at radius 2 is 2.08 bits per heavy atom. The monoisotopic (exact) mass is 354 g/mol. The largest absolute Gasteiger partial charge is 0.366 e. The standard InChI is InChI=1S/C19H22N4OS/c1-14-3-5-17(6-4-14)23-9-8-22(12-15(23)2)13-18(24)21-19-16(11-20)7-10-25-19/h3-7,10,15H,8-9,12-13H2,1-2H3,(H,21,24)/t15-/m0/s1. The Bertz CT molecular complexity index is 777. The summed E-state index contributed by atoms with van der Waals surface area (Å²) in [6.45, 7) is 7.24. The quantitative estimate of drug-likeness (QED) is 0.917. The predicted octanol–water partition coefficient (Wildman–Crippen LogP) is 3.08. The summed E-state index contributed by atoms with van der Waals surface area (Å²) in [5.41, 5.74) is 3.02. The van der Waals surface area contributed by atoms with Crippen molar-refractivity contribution in [2.45, 2.75) is 19.9 Å². The third-order valence-electron chi connectivity index (χ3n) is 4.48. The van der Waals surface area contributed by atoms with Crippen molar-refractivity contribution < 1.29 is 4.79 Å². The van der Waals surface area contributed by atoms with Crippen molar-refractivity contribution >= 4 is 27.9 Å². The van der Waals surface area contributed by atoms with Crippen LogP contribution < -0.4 is 10.2 Å². The Morgan fingerprint density at radius 1 is 1.32 bits per heavy atom. The predicted molar refractivity (Wildman–Crippen MR) is 102 cm³/mol. The minimum absolute atomic E-state index is 0.0602. The number of piperazine rings is 1. The Balaban J connectivity index is 1.55. The number of nitriles is 1. The van der Waals surface area contributed by atoms with Crippen LogP contribution in [0.25, 0.3) is 0 Å². The Morgan fingerprint density at radius 3 is 2.76 bits per heavy atom. The summed E-state index contributed by atoms with van der Waals surface area (Å²) in [6, 6.07) is 12.8. The number of aryl methyl sites for hydroxylation is 1. The third kappa shape index (κ3) is 4.19. The fraction of sp³-hybridized carbons (Fsp3) is 0.368. The summed E-state index contributed by atoms with van der Waals surface area (Å²) >= 11 is 1.38. The number of nitrogens with one attached hydrogen (secondary N) is 1. The van der Waals surface area contributed by atoms with Gasteiger partial charge in [0, 0.05) is 31.4 Å². The Kier molecular flexibility index (Phi) is 5.37. The van der Waals surface area contributed by atoms with Gasteiger partial charge in [-0.1, -0.05) is 17.7 Å². The van der Waals surface area contributed by atoms with Crippen molar-refractivity contribution in [3.05, 3.63) is 46.8 Å². The fourth-order valence-electron chi connectivity index (χ4n) is 3.16. The molecule has 6 heteroatoms. The molecular formula is C19H22N4OS. The molecule has 1 N–H and O–H groups in total. The maximum atomic E-state index is 12.3. The first-order valence-corrected chi connectivity index (χ1v) is 9.28. The normalized spacial score (nSPS) is 18.0. The van der Waals surface area contributed by atoms with Crippen molar-refractivity contribution in [3.63, 3.8) is 0 Å². The van der Waals surface area contributed by atoms with Crippen LogP contribution >= 0.6 is 11.3 Å². The molecule has 25 heavy (non-hydrogen) atoms. The van der Waals surface area contributed by atoms with Gasteiger partial charge in [0.15, 0.2) is 0 Å². The molecule has 1 fully saturated rings. The SMILES string of the molecule is Cc1ccc(N2CCN(CC(=O)Nc3sccc3C#N)C[C@@H]2C)cc1. The lowest BCUT2D eigenvalue weighted by Crippen LogP contribution is -2.53. The van der Waals surface area contributed by atoms with Gasteiger partial charge >= 0.3 is 0 Å². The number of rotatable bonds is 4. The molecule has 1 amide bonds. The molecule has 0 radical (unpaired) electrons. The van der Waals surface area contributed by atoms with Crippen LogP contribution in [0.15, 0.2) is 35.7 Å². The van der Waals surface area contributed by atoms with Crippen molar-refractivity contribution in [1.82, 2.24) is 4.90 Å². The molecule has 2 aromatic rings. The summed E-state index contributed by atoms with van der Waals surface area (Å²) in [6.07, 6.45) is 0. The zero-order chi connectivity index (χ0) is 17.8. The number of hydrogen-bond acceptors (Lipinski definition) is 5. The second-order valence-corrected chi connectivity index (χ2v) is 7.35. The number of amides is 1. The minimum Gasteiger partial charge on any atom is -0.366 e. The van der Waals surface area contributed by atoms with Gasteiger partial charge in [0.05, 0.1) is 12.1 Å². The van der Waals surface area contributed by atoms with Crippen LogP contribution in [0.4, 0.5) is 10.7 Å². The topological polar surface area (TPSA) is 59.4 Å². The van der Waals surface area contributed by atoms with E-state index in [4.69, 9.17) is 5.26 Å². The van der Waals surface area contributed by atoms with E-state index in [2.05, 4.69) is 59.3 Å². The molecule has 1 saturated heterocycles. The second-order valence-electron chi connectivity index (χ2n) is 6.44. The van der Waals surface area contributed by atoms with Gasteiger partial charge in [0.2, 0.25) is 5.91 Å². The zero-order valence-corrected chi connectivity index (χ0v) is 15.3. The molecule has 0 saturated carbocycles. The zero-order valence-electron chi connectivity index (χ0n) is 14.5. The van der Waals surface area contributed by atoms with E-state index >= 15 is 0 Å². The number of anilines is 2. The van der Waals surface area contributed by atoms with Gasteiger partial charge in [-0.25, -0.2) is 0 Å². The molecule has 1 aliphatic heterocycles. The summed E-state index contributed by atoms with van der Waals surface area (Å²) < 4.78 is 0. The molecule has 3 rings (SSSR count). The van der Waals surface area contributed by atoms with Crippen LogP contribution in [0, 0.1) is 18.3 Å². The molecule has 5 nitrogen and oxygen atoms in total. The van der Waals surface area contributed by atoms with Crippen LogP contribution in [-0.4, -0.2) is 43.0 Å². The molecule has 0 bridgehead atoms. The number of hydrogen-bond donors (Lipinski definition) is 1. The summed E-state index contributed by atoms with van der Waals surface area (Å²) in [7, 11) is 0. The van der Waals surface area contributed by atoms with Gasteiger partial charge in [-0.15, -0.1) is 11.3 Å². The molecule has 1 aromatic carbocycles. The van der Waals surface area contributed by atoms with Crippen LogP contribution in [0.3, 0.4) is 0 Å². The minimum atomic E-state index is -0.0602. The van der Waals surface area contributed by atoms with Crippen LogP contribution in [0.1, 0.15) is 18.1 Å².